The molecule has 0 atom stereocenters. The second-order valence-electron chi connectivity index (χ2n) is 3.27. The van der Waals surface area contributed by atoms with Crippen LogP contribution in [0.5, 0.6) is 0 Å². The average molecular weight is 228 g/mol. The molecule has 0 N–H and O–H groups in total. The highest BCUT2D eigenvalue weighted by Crippen LogP contribution is 2.28. The Hall–Kier alpha value is -1.32. The van der Waals surface area contributed by atoms with Crippen molar-refractivity contribution >= 4 is 11.9 Å². The van der Waals surface area contributed by atoms with Gasteiger partial charge in [0, 0.05) is 0 Å². The molecule has 0 heterocycles. The van der Waals surface area contributed by atoms with Crippen LogP contribution in [0.15, 0.2) is 12.2 Å². The minimum absolute atomic E-state index is 0.248. The van der Waals surface area contributed by atoms with Crippen LogP contribution in [0.1, 0.15) is 34.1 Å². The molecule has 4 nitrogen and oxygen atoms in total. The number of hydrogen-bond acceptors (Lipinski definition) is 4. The van der Waals surface area contributed by atoms with Gasteiger partial charge in [0.25, 0.3) is 0 Å². The van der Waals surface area contributed by atoms with E-state index in [0.717, 1.165) is 0 Å². The van der Waals surface area contributed by atoms with Gasteiger partial charge in [-0.3, -0.25) is 9.59 Å². The first-order chi connectivity index (χ1) is 7.58. The molecular formula is C12H20O4. The Kier molecular flexibility index (Phi) is 6.46. The van der Waals surface area contributed by atoms with Crippen LogP contribution in [0.3, 0.4) is 0 Å². The molecule has 0 aliphatic heterocycles. The molecule has 0 saturated carbocycles. The van der Waals surface area contributed by atoms with Crippen LogP contribution >= 0.6 is 0 Å². The van der Waals surface area contributed by atoms with Crippen molar-refractivity contribution in [3.63, 3.8) is 0 Å². The predicted octanol–water partition coefficient (Wildman–Crippen LogP) is 2.09. The summed E-state index contributed by atoms with van der Waals surface area (Å²) in [6.45, 7) is 7.42. The van der Waals surface area contributed by atoms with Crippen molar-refractivity contribution in [1.29, 1.82) is 0 Å². The lowest BCUT2D eigenvalue weighted by molar-refractivity contribution is -0.168. The molecule has 0 aromatic rings. The number of esters is 2. The normalized spacial score (nSPS) is 11.5. The van der Waals surface area contributed by atoms with E-state index in [2.05, 4.69) is 0 Å². The molecule has 0 rings (SSSR count). The molecule has 0 radical (unpaired) electrons. The van der Waals surface area contributed by atoms with Gasteiger partial charge in [-0.25, -0.2) is 0 Å². The smallest absolute Gasteiger partial charge is 0.327 e. The molecule has 0 fully saturated rings. The summed E-state index contributed by atoms with van der Waals surface area (Å²) in [6.07, 6.45) is 3.54. The third kappa shape index (κ3) is 3.08. The van der Waals surface area contributed by atoms with E-state index < -0.39 is 17.4 Å². The number of carbonyl (C=O) groups excluding carboxylic acids is 2. The van der Waals surface area contributed by atoms with Crippen LogP contribution in [0.2, 0.25) is 0 Å². The number of ether oxygens (including phenoxy) is 2. The van der Waals surface area contributed by atoms with Gasteiger partial charge in [-0.2, -0.15) is 0 Å². The second-order valence-corrected chi connectivity index (χ2v) is 3.27. The maximum atomic E-state index is 11.8. The van der Waals surface area contributed by atoms with Crippen molar-refractivity contribution in [3.05, 3.63) is 12.2 Å². The van der Waals surface area contributed by atoms with Gasteiger partial charge in [-0.05, 0) is 27.2 Å². The highest BCUT2D eigenvalue weighted by atomic mass is 16.6. The van der Waals surface area contributed by atoms with E-state index in [1.54, 1.807) is 39.8 Å². The molecule has 0 unspecified atom stereocenters. The maximum absolute atomic E-state index is 11.8. The van der Waals surface area contributed by atoms with Gasteiger partial charge in [-0.1, -0.05) is 19.1 Å². The van der Waals surface area contributed by atoms with Gasteiger partial charge in [0.05, 0.1) is 13.2 Å². The van der Waals surface area contributed by atoms with Crippen molar-refractivity contribution < 1.29 is 19.1 Å². The number of allylic oxidation sites excluding steroid dienone is 1. The van der Waals surface area contributed by atoms with Crippen molar-refractivity contribution in [2.75, 3.05) is 13.2 Å². The zero-order valence-electron chi connectivity index (χ0n) is 10.4. The van der Waals surface area contributed by atoms with Crippen LogP contribution in [0, 0.1) is 5.41 Å². The van der Waals surface area contributed by atoms with Crippen LogP contribution < -0.4 is 0 Å². The lowest BCUT2D eigenvalue weighted by Gasteiger charge is -2.24. The Morgan fingerprint density at radius 3 is 1.75 bits per heavy atom. The van der Waals surface area contributed by atoms with Gasteiger partial charge >= 0.3 is 11.9 Å². The monoisotopic (exact) mass is 228 g/mol. The summed E-state index contributed by atoms with van der Waals surface area (Å²) >= 11 is 0. The Bertz CT molecular complexity index is 250. The quantitative estimate of drug-likeness (QED) is 0.397. The van der Waals surface area contributed by atoms with E-state index in [1.165, 1.54) is 0 Å². The summed E-state index contributed by atoms with van der Waals surface area (Å²) in [5, 5.41) is 0. The van der Waals surface area contributed by atoms with Crippen LogP contribution in [0.25, 0.3) is 0 Å². The standard InChI is InChI=1S/C12H20O4/c1-5-9-12(6-2,10(13)15-7-3)11(14)16-8-4/h5,9H,6-8H2,1-4H3. The summed E-state index contributed by atoms with van der Waals surface area (Å²) < 4.78 is 9.85. The predicted molar refractivity (Wildman–Crippen MR) is 60.8 cm³/mol. The molecule has 0 saturated heterocycles. The SMILES string of the molecule is CC=CC(CC)(C(=O)OCC)C(=O)OCC. The first-order valence-electron chi connectivity index (χ1n) is 5.57. The third-order valence-corrected chi connectivity index (χ3v) is 2.29. The van der Waals surface area contributed by atoms with Crippen LogP contribution in [-0.4, -0.2) is 25.2 Å². The molecule has 0 aromatic carbocycles. The zero-order valence-corrected chi connectivity index (χ0v) is 10.4. The van der Waals surface area contributed by atoms with Crippen molar-refractivity contribution in [1.82, 2.24) is 0 Å². The van der Waals surface area contributed by atoms with Crippen molar-refractivity contribution in [2.45, 2.75) is 34.1 Å². The average Bonchev–Trinajstić information content (AvgIpc) is 2.26. The fourth-order valence-corrected chi connectivity index (χ4v) is 1.43. The number of rotatable bonds is 6. The second kappa shape index (κ2) is 7.04. The molecule has 0 bridgehead atoms. The van der Waals surface area contributed by atoms with Crippen LogP contribution in [-0.2, 0) is 19.1 Å². The van der Waals surface area contributed by atoms with E-state index in [0.29, 0.717) is 6.42 Å². The van der Waals surface area contributed by atoms with E-state index in [1.807, 2.05) is 0 Å². The van der Waals surface area contributed by atoms with Gasteiger partial charge < -0.3 is 9.47 Å². The van der Waals surface area contributed by atoms with E-state index in [-0.39, 0.29) is 13.2 Å². The van der Waals surface area contributed by atoms with Crippen molar-refractivity contribution in [2.24, 2.45) is 5.41 Å². The molecule has 0 aliphatic rings. The minimum Gasteiger partial charge on any atom is -0.465 e. The Balaban J connectivity index is 5.13. The third-order valence-electron chi connectivity index (χ3n) is 2.29. The Labute approximate surface area is 96.6 Å². The first-order valence-corrected chi connectivity index (χ1v) is 5.57. The van der Waals surface area contributed by atoms with Gasteiger partial charge in [0.1, 0.15) is 0 Å². The van der Waals surface area contributed by atoms with Crippen LogP contribution in [0.4, 0.5) is 0 Å². The zero-order chi connectivity index (χ0) is 12.6. The van der Waals surface area contributed by atoms with Crippen molar-refractivity contribution in [3.8, 4) is 0 Å². The summed E-state index contributed by atoms with van der Waals surface area (Å²) in [6, 6.07) is 0. The molecule has 0 aromatic heterocycles. The molecule has 92 valence electrons. The lowest BCUT2D eigenvalue weighted by Crippen LogP contribution is -2.40. The Morgan fingerprint density at radius 2 is 1.50 bits per heavy atom. The first kappa shape index (κ1) is 14.7. The molecule has 0 spiro atoms. The van der Waals surface area contributed by atoms with E-state index in [4.69, 9.17) is 9.47 Å². The lowest BCUT2D eigenvalue weighted by atomic mass is 9.84. The maximum Gasteiger partial charge on any atom is 0.327 e. The fourth-order valence-electron chi connectivity index (χ4n) is 1.43. The summed E-state index contributed by atoms with van der Waals surface area (Å²) in [4.78, 5) is 23.7. The summed E-state index contributed by atoms with van der Waals surface area (Å²) in [5.74, 6) is -1.09. The van der Waals surface area contributed by atoms with Gasteiger partial charge in [0.2, 0.25) is 0 Å². The number of carbonyl (C=O) groups is 2. The van der Waals surface area contributed by atoms with Gasteiger partial charge in [-0.15, -0.1) is 0 Å². The molecule has 4 heteroatoms. The summed E-state index contributed by atoms with van der Waals surface area (Å²) in [7, 11) is 0. The highest BCUT2D eigenvalue weighted by Gasteiger charge is 2.44. The fraction of sp³-hybridized carbons (Fsp3) is 0.667. The van der Waals surface area contributed by atoms with E-state index in [9.17, 15) is 9.59 Å². The number of hydrogen-bond donors (Lipinski definition) is 0. The highest BCUT2D eigenvalue weighted by molar-refractivity contribution is 6.02. The van der Waals surface area contributed by atoms with E-state index >= 15 is 0 Å². The molecule has 0 aliphatic carbocycles. The summed E-state index contributed by atoms with van der Waals surface area (Å²) in [5.41, 5.74) is -1.29. The molecule has 16 heavy (non-hydrogen) atoms. The Morgan fingerprint density at radius 1 is 1.06 bits per heavy atom. The largest absolute Gasteiger partial charge is 0.465 e. The van der Waals surface area contributed by atoms with Gasteiger partial charge in [0.15, 0.2) is 5.41 Å². The molecular weight excluding hydrogens is 208 g/mol. The molecule has 0 amide bonds. The minimum atomic E-state index is -1.29. The topological polar surface area (TPSA) is 52.6 Å².